The molecule has 5 amide bonds. The molecule has 0 radical (unpaired) electrons. The van der Waals surface area contributed by atoms with Crippen molar-refractivity contribution < 1.29 is 126 Å². The third-order valence-electron chi connectivity index (χ3n) is 26.9. The second-order valence-corrected chi connectivity index (χ2v) is 41.3. The number of aliphatic hydroxyl groups excluding tert-OH is 3. The summed E-state index contributed by atoms with van der Waals surface area (Å²) in [6, 6.07) is 15.2. The van der Waals surface area contributed by atoms with Crippen molar-refractivity contribution in [2.75, 3.05) is 19.8 Å². The van der Waals surface area contributed by atoms with Crippen LogP contribution in [0.5, 0.6) is 0 Å². The summed E-state index contributed by atoms with van der Waals surface area (Å²) in [4.78, 5) is 112. The Kier molecular flexibility index (Phi) is 40.8. The van der Waals surface area contributed by atoms with Crippen LogP contribution in [-0.4, -0.2) is 225 Å². The number of esters is 2. The Labute approximate surface area is 759 Å². The molecule has 7 fully saturated rings. The van der Waals surface area contributed by atoms with E-state index < -0.39 is 120 Å². The highest BCUT2D eigenvalue weighted by Crippen LogP contribution is 2.49. The van der Waals surface area contributed by atoms with Gasteiger partial charge >= 0.3 is 64.5 Å². The predicted molar refractivity (Wildman–Crippen MR) is 485 cm³/mol. The van der Waals surface area contributed by atoms with E-state index in [0.717, 1.165) is 81.6 Å². The zero-order chi connectivity index (χ0) is 95.7. The third-order valence-corrected chi connectivity index (χ3v) is 26.9. The third kappa shape index (κ3) is 33.0. The highest BCUT2D eigenvalue weighted by molar-refractivity contribution is 6.46. The molecule has 11 atom stereocenters. The molecule has 128 heavy (non-hydrogen) atoms. The van der Waals surface area contributed by atoms with Gasteiger partial charge in [-0.05, 0) is 264 Å². The zero-order valence-corrected chi connectivity index (χ0v) is 79.5. The molecule has 0 bridgehead atoms. The lowest BCUT2D eigenvalue weighted by Crippen LogP contribution is -2.52. The quantitative estimate of drug-likeness (QED) is 0.0128. The average molecular weight is 1800 g/mol. The largest absolute Gasteiger partial charge is 0.481 e. The van der Waals surface area contributed by atoms with Gasteiger partial charge in [0.15, 0.2) is 0 Å². The van der Waals surface area contributed by atoms with Crippen molar-refractivity contribution in [1.82, 2.24) is 26.6 Å². The van der Waals surface area contributed by atoms with Crippen LogP contribution in [0.25, 0.3) is 0 Å². The van der Waals surface area contributed by atoms with Crippen molar-refractivity contribution in [3.8, 4) is 0 Å². The number of unbranched alkanes of at least 4 members (excludes halogenated alkanes) is 4. The molecule has 3 heterocycles. The number of carbonyl (C=O) groups is 9. The van der Waals surface area contributed by atoms with Gasteiger partial charge in [0.2, 0.25) is 17.7 Å². The van der Waals surface area contributed by atoms with E-state index in [1.165, 1.54) is 0 Å². The van der Waals surface area contributed by atoms with Crippen LogP contribution >= 0.6 is 0 Å². The summed E-state index contributed by atoms with van der Waals surface area (Å²) < 4.78 is 58.3. The van der Waals surface area contributed by atoms with Gasteiger partial charge in [0, 0.05) is 24.2 Å². The number of benzene rings is 2. The molecule has 4 saturated carbocycles. The van der Waals surface area contributed by atoms with E-state index in [0.29, 0.717) is 109 Å². The van der Waals surface area contributed by atoms with Crippen LogP contribution in [0.3, 0.4) is 0 Å². The number of aliphatic hydroxyl groups is 3. The molecule has 33 nitrogen and oxygen atoms in total. The second kappa shape index (κ2) is 47.6. The lowest BCUT2D eigenvalue weighted by Gasteiger charge is -2.32. The van der Waals surface area contributed by atoms with Gasteiger partial charge in [-0.2, -0.15) is 0 Å². The molecule has 720 valence electrons. The summed E-state index contributed by atoms with van der Waals surface area (Å²) in [7, 11) is -2.13. The molecule has 9 rings (SSSR count). The van der Waals surface area contributed by atoms with Crippen LogP contribution in [0.15, 0.2) is 60.7 Å². The number of ether oxygens (including phenoxy) is 4. The van der Waals surface area contributed by atoms with Crippen LogP contribution in [-0.2, 0) is 93.6 Å². The minimum Gasteiger partial charge on any atom is -0.481 e. The normalized spacial score (nSPS) is 25.7. The maximum absolute atomic E-state index is 13.6. The van der Waals surface area contributed by atoms with Crippen LogP contribution in [0, 0.1) is 21.7 Å². The van der Waals surface area contributed by atoms with Crippen molar-refractivity contribution >= 4 is 82.3 Å². The van der Waals surface area contributed by atoms with E-state index in [-0.39, 0.29) is 104 Å². The van der Waals surface area contributed by atoms with Crippen LogP contribution in [0.1, 0.15) is 290 Å². The fourth-order valence-corrected chi connectivity index (χ4v) is 17.4. The number of hydrogen-bond donors (Lipinski definition) is 14. The second-order valence-electron chi connectivity index (χ2n) is 41.3. The van der Waals surface area contributed by atoms with Crippen LogP contribution < -0.4 is 38.1 Å². The summed E-state index contributed by atoms with van der Waals surface area (Å²) in [6.07, 6.45) is 15.9. The van der Waals surface area contributed by atoms with E-state index in [9.17, 15) is 63.6 Å². The van der Waals surface area contributed by atoms with Gasteiger partial charge in [0.1, 0.15) is 42.5 Å². The molecule has 0 spiro atoms. The van der Waals surface area contributed by atoms with Crippen molar-refractivity contribution in [3.63, 3.8) is 0 Å². The summed E-state index contributed by atoms with van der Waals surface area (Å²) in [5, 5.41) is 78.4. The highest BCUT2D eigenvalue weighted by Gasteiger charge is 2.55. The maximum atomic E-state index is 13.6. The van der Waals surface area contributed by atoms with Gasteiger partial charge in [0.05, 0.1) is 75.1 Å². The Morgan fingerprint density at radius 2 is 0.734 bits per heavy atom. The van der Waals surface area contributed by atoms with Gasteiger partial charge < -0.3 is 121 Å². The number of carbonyl (C=O) groups excluding carboxylic acids is 7. The van der Waals surface area contributed by atoms with Gasteiger partial charge in [0.25, 0.3) is 0 Å². The van der Waals surface area contributed by atoms with E-state index in [1.807, 2.05) is 116 Å². The Morgan fingerprint density at radius 3 is 1.03 bits per heavy atom. The number of rotatable bonds is 39. The standard InChI is InChI=1S/C31H49BN2O8.C24H43BN2O8.C23H36BNO4.C13H25BN2O6/c1-28(2,3)40-27(38)34-24(20-35)25(36)33-23-15-17-31(19-23,26(37)39-21-22-13-9-8-10-14-22)16-11-12-18-32-41-29(4,5)30(6,7)42-32;1-21(2,3)33-20(32)27-17(15-28)18(29)26-16-10-12-24(14-16,19(30)31)11-8-9-13-25-34-22(4,5)23(6,7)35-25;1-21(2)22(3,4)29-24(28-21)15-9-8-13-23(14-12-19(25)16-23)20(26)27-17-18-10-6-5-7-11-18;15-10(8-17)11(18)16-9-3-5-13(7-9,12(19)20)4-1-2-6-14(21)22/h8-10,13-14,23-24,35H,11-12,15-21H2,1-7H3,(H,33,36)(H,34,38);16-17,28H,8-15H2,1-7H3,(H,26,29)(H,27,32)(H,30,31);5-7,10-11,19H,8-9,12-17,25H2,1-4H3;9-10,17,21-22H,1-8,15H2,(H,16,18)(H,19,20)/t23-,24-,31+;16-,17-,24+;19-,23+;9-,10-,13+/m0000/s1. The lowest BCUT2D eigenvalue weighted by molar-refractivity contribution is -0.158. The molecule has 4 aliphatic carbocycles. The van der Waals surface area contributed by atoms with Crippen molar-refractivity contribution in [2.24, 2.45) is 33.1 Å². The van der Waals surface area contributed by atoms with Gasteiger partial charge in [-0.15, -0.1) is 0 Å². The average Bonchev–Trinajstić information content (AvgIpc) is 1.62. The SMILES string of the molecule is CC(C)(C)OC(=O)N[C@@H](CO)C(=O)N[C@H]1CC[C@@](CCCCB2OC(C)(C)C(C)(C)O2)(C(=O)O)C1.CC(C)(C)OC(=O)N[C@@H](CO)C(=O)N[C@H]1CC[C@@](CCCCB2OC(C)(C)C(C)(C)O2)(C(=O)OCc2ccccc2)C1.CC1(C)OB(CCCC[C@@]2(C(=O)OCc3ccccc3)CC[C@H](N)C2)OC1(C)C.N[C@@H](CO)C(=O)N[C@H]1CC[C@@](CCCCB(O)O)(C(=O)O)C1. The minimum absolute atomic E-state index is 0.0855. The van der Waals surface area contributed by atoms with E-state index in [4.69, 9.17) is 73.5 Å². The lowest BCUT2D eigenvalue weighted by atomic mass is 9.77. The Hall–Kier alpha value is -6.99. The molecule has 7 aliphatic rings. The van der Waals surface area contributed by atoms with Crippen molar-refractivity contribution in [2.45, 2.75) is 404 Å². The molecule has 16 N–H and O–H groups in total. The molecule has 0 unspecified atom stereocenters. The molecule has 3 aliphatic heterocycles. The molecule has 0 aromatic heterocycles. The van der Waals surface area contributed by atoms with E-state index >= 15 is 0 Å². The fraction of sp³-hybridized carbons (Fsp3) is 0.769. The minimum atomic E-state index is -1.36. The summed E-state index contributed by atoms with van der Waals surface area (Å²) in [5.74, 6) is -3.69. The smallest absolute Gasteiger partial charge is 0.457 e. The van der Waals surface area contributed by atoms with Gasteiger partial charge in [-0.1, -0.05) is 112 Å². The summed E-state index contributed by atoms with van der Waals surface area (Å²) in [6.45, 7) is 33.5. The number of carboxylic acid groups (broad SMARTS) is 2. The predicted octanol–water partition coefficient (Wildman–Crippen LogP) is 10.6. The molecule has 3 saturated heterocycles. The molecule has 2 aromatic rings. The number of hydrogen-bond acceptors (Lipinski definition) is 26. The van der Waals surface area contributed by atoms with Crippen molar-refractivity contribution in [1.29, 1.82) is 0 Å². The summed E-state index contributed by atoms with van der Waals surface area (Å²) >= 11 is 0. The first-order valence-corrected chi connectivity index (χ1v) is 46.1. The number of nitrogens with one attached hydrogen (secondary N) is 5. The number of carboxylic acids is 2. The monoisotopic (exact) mass is 1800 g/mol. The number of aliphatic carboxylic acids is 2. The molecular weight excluding hydrogens is 1650 g/mol. The van der Waals surface area contributed by atoms with Crippen LogP contribution in [0.4, 0.5) is 9.59 Å². The topological polar surface area (TPSA) is 500 Å². The van der Waals surface area contributed by atoms with Crippen LogP contribution in [0.2, 0.25) is 25.3 Å². The Morgan fingerprint density at radius 1 is 0.438 bits per heavy atom. The highest BCUT2D eigenvalue weighted by atomic mass is 16.7. The molecular formula is C91H153B4N7O26. The number of nitrogens with two attached hydrogens (primary N) is 2. The molecule has 2 aromatic carbocycles. The maximum Gasteiger partial charge on any atom is 0.457 e. The fourth-order valence-electron chi connectivity index (χ4n) is 17.4. The number of alkyl carbamates (subject to hydrolysis) is 2. The first-order valence-electron chi connectivity index (χ1n) is 46.1. The number of amides is 5. The van der Waals surface area contributed by atoms with Gasteiger partial charge in [-0.25, -0.2) is 9.59 Å². The zero-order valence-electron chi connectivity index (χ0n) is 79.5. The Bertz CT molecular complexity index is 3850. The first-order chi connectivity index (χ1) is 59.5. The first kappa shape index (κ1) is 110. The summed E-state index contributed by atoms with van der Waals surface area (Å²) in [5.41, 5.74) is 6.90. The molecule has 37 heteroatoms. The Balaban J connectivity index is 0.000000270. The van der Waals surface area contributed by atoms with E-state index in [2.05, 4.69) is 54.3 Å². The van der Waals surface area contributed by atoms with Crippen molar-refractivity contribution in [3.05, 3.63) is 71.8 Å². The van der Waals surface area contributed by atoms with Gasteiger partial charge in [-0.3, -0.25) is 33.6 Å². The van der Waals surface area contributed by atoms with E-state index in [1.54, 1.807) is 41.5 Å².